The van der Waals surface area contributed by atoms with Crippen LogP contribution in [0.4, 0.5) is 5.69 Å². The lowest BCUT2D eigenvalue weighted by molar-refractivity contribution is 0.578. The van der Waals surface area contributed by atoms with E-state index in [2.05, 4.69) is 47.2 Å². The quantitative estimate of drug-likeness (QED) is 0.479. The molecule has 0 aliphatic carbocycles. The van der Waals surface area contributed by atoms with Gasteiger partial charge in [-0.15, -0.1) is 0 Å². The number of aromatic amines is 2. The SMILES string of the molecule is c1cnc(-c2ccc3[nH]nc(-c4nc5nccc(N6CCCCC6)c5[nH]4)c3c2)cn1. The maximum Gasteiger partial charge on any atom is 0.180 e. The van der Waals surface area contributed by atoms with E-state index in [9.17, 15) is 0 Å². The Kier molecular flexibility index (Phi) is 3.93. The number of imidazole rings is 1. The van der Waals surface area contributed by atoms with Crippen LogP contribution in [0.1, 0.15) is 19.3 Å². The summed E-state index contributed by atoms with van der Waals surface area (Å²) in [5.41, 5.74) is 6.39. The Labute approximate surface area is 172 Å². The molecule has 0 bridgehead atoms. The third-order valence-corrected chi connectivity index (χ3v) is 5.71. The summed E-state index contributed by atoms with van der Waals surface area (Å²) >= 11 is 0. The molecule has 8 nitrogen and oxygen atoms in total. The summed E-state index contributed by atoms with van der Waals surface area (Å²) < 4.78 is 0. The zero-order chi connectivity index (χ0) is 19.9. The Hall–Kier alpha value is -3.81. The maximum atomic E-state index is 4.76. The predicted octanol–water partition coefficient (Wildman–Crippen LogP) is 3.95. The van der Waals surface area contributed by atoms with Crippen LogP contribution in [0.3, 0.4) is 0 Å². The van der Waals surface area contributed by atoms with E-state index in [1.807, 2.05) is 18.3 Å². The Morgan fingerprint density at radius 1 is 0.933 bits per heavy atom. The second-order valence-electron chi connectivity index (χ2n) is 7.59. The molecular formula is C22H20N8. The predicted molar refractivity (Wildman–Crippen MR) is 116 cm³/mol. The highest BCUT2D eigenvalue weighted by molar-refractivity contribution is 5.96. The minimum Gasteiger partial charge on any atom is -0.370 e. The molecule has 1 saturated heterocycles. The first-order valence-electron chi connectivity index (χ1n) is 10.2. The van der Waals surface area contributed by atoms with Crippen molar-refractivity contribution in [1.29, 1.82) is 0 Å². The van der Waals surface area contributed by atoms with Gasteiger partial charge in [-0.25, -0.2) is 9.97 Å². The monoisotopic (exact) mass is 396 g/mol. The van der Waals surface area contributed by atoms with Gasteiger partial charge in [-0.1, -0.05) is 6.07 Å². The van der Waals surface area contributed by atoms with Crippen molar-refractivity contribution >= 4 is 27.8 Å². The average molecular weight is 396 g/mol. The fourth-order valence-corrected chi connectivity index (χ4v) is 4.21. The molecule has 0 spiro atoms. The number of fused-ring (bicyclic) bond motifs is 2. The van der Waals surface area contributed by atoms with Crippen molar-refractivity contribution in [2.75, 3.05) is 18.0 Å². The molecule has 4 aromatic heterocycles. The number of piperidine rings is 1. The molecule has 148 valence electrons. The number of nitrogens with zero attached hydrogens (tertiary/aromatic N) is 6. The van der Waals surface area contributed by atoms with E-state index >= 15 is 0 Å². The van der Waals surface area contributed by atoms with Crippen molar-refractivity contribution in [3.63, 3.8) is 0 Å². The molecule has 0 radical (unpaired) electrons. The van der Waals surface area contributed by atoms with E-state index in [-0.39, 0.29) is 0 Å². The van der Waals surface area contributed by atoms with Crippen molar-refractivity contribution in [2.24, 2.45) is 0 Å². The van der Waals surface area contributed by atoms with E-state index in [1.165, 1.54) is 24.9 Å². The van der Waals surface area contributed by atoms with Gasteiger partial charge < -0.3 is 9.88 Å². The van der Waals surface area contributed by atoms with Crippen LogP contribution in [0.15, 0.2) is 49.1 Å². The Balaban J connectivity index is 1.47. The Bertz CT molecular complexity index is 1330. The van der Waals surface area contributed by atoms with Gasteiger partial charge in [0.15, 0.2) is 11.5 Å². The smallest absolute Gasteiger partial charge is 0.180 e. The standard InChI is InChI=1S/C22H20N8/c1-2-10-30(11-3-1)18-6-7-25-21-20(18)26-22(27-21)19-15-12-14(4-5-16(15)28-29-19)17-13-23-8-9-24-17/h4-9,12-13H,1-3,10-11H2,(H,28,29)(H,25,26,27). The van der Waals surface area contributed by atoms with E-state index in [1.54, 1.807) is 18.6 Å². The molecule has 5 heterocycles. The second kappa shape index (κ2) is 6.91. The van der Waals surface area contributed by atoms with Crippen molar-refractivity contribution in [1.82, 2.24) is 35.1 Å². The van der Waals surface area contributed by atoms with Crippen LogP contribution in [0.25, 0.3) is 44.8 Å². The number of H-pyrrole nitrogens is 2. The van der Waals surface area contributed by atoms with Gasteiger partial charge in [0.2, 0.25) is 0 Å². The van der Waals surface area contributed by atoms with Gasteiger partial charge in [0.1, 0.15) is 11.2 Å². The minimum atomic E-state index is 0.713. The van der Waals surface area contributed by atoms with E-state index in [0.717, 1.165) is 46.5 Å². The fourth-order valence-electron chi connectivity index (χ4n) is 4.21. The van der Waals surface area contributed by atoms with Crippen molar-refractivity contribution < 1.29 is 0 Å². The normalized spacial score (nSPS) is 14.6. The summed E-state index contributed by atoms with van der Waals surface area (Å²) in [6.07, 6.45) is 10.7. The molecule has 8 heteroatoms. The van der Waals surface area contributed by atoms with Gasteiger partial charge in [0, 0.05) is 42.6 Å². The lowest BCUT2D eigenvalue weighted by Crippen LogP contribution is -2.29. The van der Waals surface area contributed by atoms with Gasteiger partial charge in [0.05, 0.1) is 23.1 Å². The lowest BCUT2D eigenvalue weighted by atomic mass is 10.1. The molecule has 2 N–H and O–H groups in total. The molecule has 1 aromatic carbocycles. The van der Waals surface area contributed by atoms with Crippen molar-refractivity contribution in [3.8, 4) is 22.8 Å². The van der Waals surface area contributed by atoms with Gasteiger partial charge >= 0.3 is 0 Å². The number of benzene rings is 1. The summed E-state index contributed by atoms with van der Waals surface area (Å²) in [6, 6.07) is 8.17. The van der Waals surface area contributed by atoms with Gasteiger partial charge in [0.25, 0.3) is 0 Å². The van der Waals surface area contributed by atoms with Gasteiger partial charge in [-0.2, -0.15) is 5.10 Å². The van der Waals surface area contributed by atoms with Crippen LogP contribution >= 0.6 is 0 Å². The zero-order valence-corrected chi connectivity index (χ0v) is 16.3. The summed E-state index contributed by atoms with van der Waals surface area (Å²) in [5, 5.41) is 8.64. The first kappa shape index (κ1) is 17.1. The largest absolute Gasteiger partial charge is 0.370 e. The molecule has 1 aliphatic rings. The summed E-state index contributed by atoms with van der Waals surface area (Å²) in [4.78, 5) is 23.7. The van der Waals surface area contributed by atoms with Gasteiger partial charge in [-0.05, 0) is 37.5 Å². The molecule has 5 aromatic rings. The molecule has 0 unspecified atom stereocenters. The zero-order valence-electron chi connectivity index (χ0n) is 16.3. The third kappa shape index (κ3) is 2.80. The van der Waals surface area contributed by atoms with E-state index in [0.29, 0.717) is 11.5 Å². The molecule has 0 amide bonds. The highest BCUT2D eigenvalue weighted by Gasteiger charge is 2.19. The first-order valence-corrected chi connectivity index (χ1v) is 10.2. The number of pyridine rings is 1. The van der Waals surface area contributed by atoms with E-state index < -0.39 is 0 Å². The second-order valence-corrected chi connectivity index (χ2v) is 7.59. The van der Waals surface area contributed by atoms with Crippen LogP contribution in [-0.4, -0.2) is 48.2 Å². The Morgan fingerprint density at radius 3 is 2.73 bits per heavy atom. The van der Waals surface area contributed by atoms with Crippen LogP contribution in [0.2, 0.25) is 0 Å². The highest BCUT2D eigenvalue weighted by Crippen LogP contribution is 2.32. The summed E-state index contributed by atoms with van der Waals surface area (Å²) in [7, 11) is 0. The number of anilines is 1. The average Bonchev–Trinajstić information content (AvgIpc) is 3.43. The van der Waals surface area contributed by atoms with Crippen LogP contribution in [0, 0.1) is 0 Å². The Morgan fingerprint density at radius 2 is 1.87 bits per heavy atom. The number of hydrogen-bond acceptors (Lipinski definition) is 6. The highest BCUT2D eigenvalue weighted by atomic mass is 15.2. The molecule has 1 aliphatic heterocycles. The third-order valence-electron chi connectivity index (χ3n) is 5.71. The van der Waals surface area contributed by atoms with Crippen molar-refractivity contribution in [3.05, 3.63) is 49.1 Å². The maximum absolute atomic E-state index is 4.76. The minimum absolute atomic E-state index is 0.713. The van der Waals surface area contributed by atoms with Gasteiger partial charge in [-0.3, -0.25) is 15.1 Å². The number of aromatic nitrogens is 7. The number of rotatable bonds is 3. The molecule has 1 fully saturated rings. The number of nitrogens with one attached hydrogen (secondary N) is 2. The van der Waals surface area contributed by atoms with Crippen LogP contribution in [0.5, 0.6) is 0 Å². The van der Waals surface area contributed by atoms with E-state index in [4.69, 9.17) is 4.98 Å². The van der Waals surface area contributed by atoms with Crippen molar-refractivity contribution in [2.45, 2.75) is 19.3 Å². The summed E-state index contributed by atoms with van der Waals surface area (Å²) in [5.74, 6) is 0.713. The molecular weight excluding hydrogens is 376 g/mol. The molecule has 0 atom stereocenters. The lowest BCUT2D eigenvalue weighted by Gasteiger charge is -2.28. The topological polar surface area (TPSA) is 99.3 Å². The summed E-state index contributed by atoms with van der Waals surface area (Å²) in [6.45, 7) is 2.14. The number of hydrogen-bond donors (Lipinski definition) is 2. The molecule has 6 rings (SSSR count). The molecule has 0 saturated carbocycles. The first-order chi connectivity index (χ1) is 14.9. The van der Waals surface area contributed by atoms with Crippen LogP contribution < -0.4 is 4.90 Å². The molecule has 30 heavy (non-hydrogen) atoms. The fraction of sp³-hybridized carbons (Fsp3) is 0.227. The van der Waals surface area contributed by atoms with Crippen LogP contribution in [-0.2, 0) is 0 Å².